The second kappa shape index (κ2) is 4.82. The highest BCUT2D eigenvalue weighted by Crippen LogP contribution is 2.23. The standard InChI is InChI=1S/C15H13N5S/c21-15-18-13-10-16-12-5-2-1-4-11(12)14(13)20(15)9-8-19-7-3-6-17-19/h1-7,10H,8-9H2,(H,18,21). The highest BCUT2D eigenvalue weighted by molar-refractivity contribution is 7.71. The molecule has 104 valence electrons. The lowest BCUT2D eigenvalue weighted by Crippen LogP contribution is -2.08. The highest BCUT2D eigenvalue weighted by Gasteiger charge is 2.09. The zero-order valence-corrected chi connectivity index (χ0v) is 12.0. The Hall–Kier alpha value is -2.47. The number of pyridine rings is 1. The molecule has 6 heteroatoms. The third kappa shape index (κ3) is 2.04. The Kier molecular flexibility index (Phi) is 2.82. The summed E-state index contributed by atoms with van der Waals surface area (Å²) in [6.07, 6.45) is 5.59. The predicted molar refractivity (Wildman–Crippen MR) is 84.7 cm³/mol. The molecule has 5 nitrogen and oxygen atoms in total. The Morgan fingerprint density at radius 3 is 2.90 bits per heavy atom. The first kappa shape index (κ1) is 12.3. The summed E-state index contributed by atoms with van der Waals surface area (Å²) in [6.45, 7) is 1.55. The van der Waals surface area contributed by atoms with E-state index in [0.29, 0.717) is 0 Å². The monoisotopic (exact) mass is 295 g/mol. The van der Waals surface area contributed by atoms with Crippen LogP contribution in [0, 0.1) is 4.77 Å². The first-order chi connectivity index (χ1) is 10.3. The van der Waals surface area contributed by atoms with Crippen molar-refractivity contribution in [2.45, 2.75) is 13.1 Å². The molecular weight excluding hydrogens is 282 g/mol. The number of benzene rings is 1. The molecule has 3 heterocycles. The average Bonchev–Trinajstić information content (AvgIpc) is 3.12. The number of H-pyrrole nitrogens is 1. The number of hydrogen-bond donors (Lipinski definition) is 1. The Morgan fingerprint density at radius 1 is 1.14 bits per heavy atom. The highest BCUT2D eigenvalue weighted by atomic mass is 32.1. The minimum absolute atomic E-state index is 0.718. The smallest absolute Gasteiger partial charge is 0.178 e. The van der Waals surface area contributed by atoms with Crippen molar-refractivity contribution >= 4 is 34.2 Å². The van der Waals surface area contributed by atoms with Gasteiger partial charge in [-0.05, 0) is 24.4 Å². The molecule has 0 bridgehead atoms. The first-order valence-electron chi connectivity index (χ1n) is 6.76. The van der Waals surface area contributed by atoms with Crippen LogP contribution in [0.15, 0.2) is 48.9 Å². The van der Waals surface area contributed by atoms with Gasteiger partial charge in [0.1, 0.15) is 0 Å². The zero-order valence-electron chi connectivity index (χ0n) is 11.2. The lowest BCUT2D eigenvalue weighted by Gasteiger charge is -2.07. The van der Waals surface area contributed by atoms with Gasteiger partial charge in [0.2, 0.25) is 0 Å². The number of rotatable bonds is 3. The maximum Gasteiger partial charge on any atom is 0.178 e. The summed E-state index contributed by atoms with van der Waals surface area (Å²) in [5.41, 5.74) is 3.06. The summed E-state index contributed by atoms with van der Waals surface area (Å²) in [4.78, 5) is 7.70. The van der Waals surface area contributed by atoms with Crippen molar-refractivity contribution in [3.05, 3.63) is 53.7 Å². The Bertz CT molecular complexity index is 965. The topological polar surface area (TPSA) is 51.4 Å². The second-order valence-electron chi connectivity index (χ2n) is 4.89. The summed E-state index contributed by atoms with van der Waals surface area (Å²) >= 11 is 5.46. The van der Waals surface area contributed by atoms with E-state index in [4.69, 9.17) is 12.2 Å². The van der Waals surface area contributed by atoms with Crippen LogP contribution >= 0.6 is 12.2 Å². The van der Waals surface area contributed by atoms with E-state index in [1.165, 1.54) is 0 Å². The lowest BCUT2D eigenvalue weighted by molar-refractivity contribution is 0.538. The van der Waals surface area contributed by atoms with Crippen molar-refractivity contribution < 1.29 is 0 Å². The van der Waals surface area contributed by atoms with Gasteiger partial charge in [-0.3, -0.25) is 9.67 Å². The fourth-order valence-electron chi connectivity index (χ4n) is 2.64. The summed E-state index contributed by atoms with van der Waals surface area (Å²) in [6, 6.07) is 10.0. The van der Waals surface area contributed by atoms with Gasteiger partial charge in [-0.15, -0.1) is 0 Å². The molecule has 0 aliphatic heterocycles. The van der Waals surface area contributed by atoms with Gasteiger partial charge in [-0.1, -0.05) is 18.2 Å². The van der Waals surface area contributed by atoms with Crippen molar-refractivity contribution in [1.29, 1.82) is 0 Å². The van der Waals surface area contributed by atoms with Crippen LogP contribution < -0.4 is 0 Å². The maximum absolute atomic E-state index is 5.46. The van der Waals surface area contributed by atoms with Crippen LogP contribution in [0.25, 0.3) is 21.9 Å². The van der Waals surface area contributed by atoms with Gasteiger partial charge in [-0.2, -0.15) is 5.10 Å². The summed E-state index contributed by atoms with van der Waals surface area (Å²) in [7, 11) is 0. The lowest BCUT2D eigenvalue weighted by atomic mass is 10.2. The zero-order chi connectivity index (χ0) is 14.2. The molecule has 1 N–H and O–H groups in total. The van der Waals surface area contributed by atoms with Gasteiger partial charge >= 0.3 is 0 Å². The first-order valence-corrected chi connectivity index (χ1v) is 7.17. The van der Waals surface area contributed by atoms with Crippen molar-refractivity contribution in [3.63, 3.8) is 0 Å². The number of nitrogens with zero attached hydrogens (tertiary/aromatic N) is 4. The third-order valence-electron chi connectivity index (χ3n) is 3.62. The molecule has 4 rings (SSSR count). The van der Waals surface area contributed by atoms with Crippen LogP contribution in [-0.2, 0) is 13.1 Å². The van der Waals surface area contributed by atoms with Gasteiger partial charge in [0, 0.05) is 24.3 Å². The van der Waals surface area contributed by atoms with E-state index in [1.807, 2.05) is 41.3 Å². The molecule has 3 aromatic heterocycles. The Morgan fingerprint density at radius 2 is 2.05 bits per heavy atom. The van der Waals surface area contributed by atoms with Gasteiger partial charge in [-0.25, -0.2) is 0 Å². The number of hydrogen-bond acceptors (Lipinski definition) is 3. The third-order valence-corrected chi connectivity index (χ3v) is 3.94. The summed E-state index contributed by atoms with van der Waals surface area (Å²) in [5.74, 6) is 0. The number of fused-ring (bicyclic) bond motifs is 3. The molecule has 0 saturated carbocycles. The van der Waals surface area contributed by atoms with Crippen molar-refractivity contribution in [2.24, 2.45) is 0 Å². The SMILES string of the molecule is S=c1[nH]c2cnc3ccccc3c2n1CCn1cccn1. The predicted octanol–water partition coefficient (Wildman–Crippen LogP) is 3.14. The number of nitrogens with one attached hydrogen (secondary N) is 1. The summed E-state index contributed by atoms with van der Waals surface area (Å²) < 4.78 is 4.75. The molecular formula is C15H13N5S. The molecule has 0 saturated heterocycles. The van der Waals surface area contributed by atoms with Gasteiger partial charge < -0.3 is 9.55 Å². The fourth-order valence-corrected chi connectivity index (χ4v) is 2.93. The van der Waals surface area contributed by atoms with Crippen LogP contribution in [0.4, 0.5) is 0 Å². The van der Waals surface area contributed by atoms with Gasteiger partial charge in [0.05, 0.1) is 29.3 Å². The van der Waals surface area contributed by atoms with E-state index in [1.54, 1.807) is 6.20 Å². The average molecular weight is 295 g/mol. The molecule has 0 fully saturated rings. The molecule has 0 unspecified atom stereocenters. The number of aromatic amines is 1. The molecule has 0 amide bonds. The minimum atomic E-state index is 0.718. The van der Waals surface area contributed by atoms with Crippen LogP contribution in [-0.4, -0.2) is 24.3 Å². The molecule has 21 heavy (non-hydrogen) atoms. The minimum Gasteiger partial charge on any atom is -0.329 e. The van der Waals surface area contributed by atoms with Crippen molar-refractivity contribution in [1.82, 2.24) is 24.3 Å². The maximum atomic E-state index is 5.46. The molecule has 0 aliphatic rings. The summed E-state index contributed by atoms with van der Waals surface area (Å²) in [5, 5.41) is 5.35. The van der Waals surface area contributed by atoms with Crippen LogP contribution in [0.2, 0.25) is 0 Å². The largest absolute Gasteiger partial charge is 0.329 e. The van der Waals surface area contributed by atoms with E-state index in [0.717, 1.165) is 39.8 Å². The van der Waals surface area contributed by atoms with Gasteiger partial charge in [0.25, 0.3) is 0 Å². The van der Waals surface area contributed by atoms with E-state index in [9.17, 15) is 0 Å². The van der Waals surface area contributed by atoms with E-state index in [2.05, 4.69) is 25.7 Å². The Balaban J connectivity index is 1.88. The van der Waals surface area contributed by atoms with E-state index >= 15 is 0 Å². The molecule has 0 atom stereocenters. The number of imidazole rings is 1. The van der Waals surface area contributed by atoms with Crippen LogP contribution in [0.5, 0.6) is 0 Å². The number of aryl methyl sites for hydroxylation is 2. The number of para-hydroxylation sites is 1. The molecule has 0 aliphatic carbocycles. The van der Waals surface area contributed by atoms with E-state index in [-0.39, 0.29) is 0 Å². The van der Waals surface area contributed by atoms with Crippen molar-refractivity contribution in [3.8, 4) is 0 Å². The molecule has 0 spiro atoms. The Labute approximate surface area is 125 Å². The fraction of sp³-hybridized carbons (Fsp3) is 0.133. The van der Waals surface area contributed by atoms with Gasteiger partial charge in [0.15, 0.2) is 4.77 Å². The van der Waals surface area contributed by atoms with E-state index < -0.39 is 0 Å². The van der Waals surface area contributed by atoms with Crippen molar-refractivity contribution in [2.75, 3.05) is 0 Å². The molecule has 1 aromatic carbocycles. The normalized spacial score (nSPS) is 11.4. The van der Waals surface area contributed by atoms with Crippen LogP contribution in [0.1, 0.15) is 0 Å². The van der Waals surface area contributed by atoms with Crippen LogP contribution in [0.3, 0.4) is 0 Å². The molecule has 4 aromatic rings. The molecule has 0 radical (unpaired) electrons. The number of aromatic nitrogens is 5. The quantitative estimate of drug-likeness (QED) is 0.591. The second-order valence-corrected chi connectivity index (χ2v) is 5.28.